The maximum absolute atomic E-state index is 13.5. The summed E-state index contributed by atoms with van der Waals surface area (Å²) in [6.07, 6.45) is 7.19. The highest BCUT2D eigenvalue weighted by molar-refractivity contribution is 9.10. The smallest absolute Gasteiger partial charge is 0.267 e. The van der Waals surface area contributed by atoms with Crippen molar-refractivity contribution in [3.05, 3.63) is 73.7 Å². The SMILES string of the molecule is Cc1cc(=O)[nH]c(Sc2oc(/C=C3/SC(=Nc4ccccc4)N(C4CCCCC4)C3=O)cc2Br)n1. The van der Waals surface area contributed by atoms with Crippen LogP contribution >= 0.6 is 39.5 Å². The minimum absolute atomic E-state index is 0.0389. The Balaban J connectivity index is 1.44. The largest absolute Gasteiger partial charge is 0.449 e. The third-order valence-corrected chi connectivity index (χ3v) is 8.45. The lowest BCUT2D eigenvalue weighted by atomic mass is 9.94. The molecule has 0 atom stereocenters. The Kier molecular flexibility index (Phi) is 7.31. The number of nitrogens with one attached hydrogen (secondary N) is 1. The third-order valence-electron chi connectivity index (χ3n) is 5.74. The van der Waals surface area contributed by atoms with Crippen LogP contribution in [-0.4, -0.2) is 32.0 Å². The van der Waals surface area contributed by atoms with Crippen molar-refractivity contribution >= 4 is 62.3 Å². The van der Waals surface area contributed by atoms with E-state index in [9.17, 15) is 9.59 Å². The first kappa shape index (κ1) is 24.1. The van der Waals surface area contributed by atoms with Crippen molar-refractivity contribution in [2.75, 3.05) is 0 Å². The predicted molar refractivity (Wildman–Crippen MR) is 143 cm³/mol. The number of nitrogens with zero attached hydrogens (tertiary/aromatic N) is 3. The molecule has 1 saturated carbocycles. The van der Waals surface area contributed by atoms with Crippen LogP contribution in [0.25, 0.3) is 6.08 Å². The van der Waals surface area contributed by atoms with E-state index in [0.29, 0.717) is 31.8 Å². The van der Waals surface area contributed by atoms with Crippen LogP contribution in [0.3, 0.4) is 0 Å². The van der Waals surface area contributed by atoms with Gasteiger partial charge in [-0.05, 0) is 77.4 Å². The first-order chi connectivity index (χ1) is 17.0. The van der Waals surface area contributed by atoms with Crippen LogP contribution in [-0.2, 0) is 4.79 Å². The van der Waals surface area contributed by atoms with Gasteiger partial charge in [0.05, 0.1) is 15.1 Å². The molecular formula is C25H23BrN4O3S2. The van der Waals surface area contributed by atoms with Gasteiger partial charge in [-0.15, -0.1) is 0 Å². The minimum atomic E-state index is -0.217. The van der Waals surface area contributed by atoms with Gasteiger partial charge in [0.1, 0.15) is 5.76 Å². The zero-order chi connectivity index (χ0) is 24.4. The summed E-state index contributed by atoms with van der Waals surface area (Å²) in [6, 6.07) is 13.1. The number of aliphatic imine (C=N–C) groups is 1. The predicted octanol–water partition coefficient (Wildman–Crippen LogP) is 6.52. The Morgan fingerprint density at radius 1 is 1.20 bits per heavy atom. The number of aromatic amines is 1. The summed E-state index contributed by atoms with van der Waals surface area (Å²) in [5.41, 5.74) is 1.23. The Labute approximate surface area is 219 Å². The molecule has 0 unspecified atom stereocenters. The molecule has 35 heavy (non-hydrogen) atoms. The van der Waals surface area contributed by atoms with E-state index in [4.69, 9.17) is 9.41 Å². The average Bonchev–Trinajstić information content (AvgIpc) is 3.32. The summed E-state index contributed by atoms with van der Waals surface area (Å²) >= 11 is 6.11. The molecule has 2 aromatic heterocycles. The van der Waals surface area contributed by atoms with E-state index < -0.39 is 0 Å². The van der Waals surface area contributed by atoms with E-state index in [1.807, 2.05) is 41.3 Å². The second kappa shape index (κ2) is 10.6. The maximum atomic E-state index is 13.5. The number of aryl methyl sites for hydroxylation is 1. The van der Waals surface area contributed by atoms with E-state index in [1.54, 1.807) is 13.0 Å². The number of aromatic nitrogens is 2. The summed E-state index contributed by atoms with van der Waals surface area (Å²) in [6.45, 7) is 1.77. The summed E-state index contributed by atoms with van der Waals surface area (Å²) in [4.78, 5) is 39.6. The topological polar surface area (TPSA) is 91.6 Å². The van der Waals surface area contributed by atoms with Gasteiger partial charge in [0.15, 0.2) is 15.4 Å². The van der Waals surface area contributed by atoms with Gasteiger partial charge >= 0.3 is 0 Å². The van der Waals surface area contributed by atoms with Gasteiger partial charge in [-0.3, -0.25) is 14.5 Å². The maximum Gasteiger partial charge on any atom is 0.267 e. The molecule has 0 spiro atoms. The molecule has 0 radical (unpaired) electrons. The molecule has 1 aromatic carbocycles. The molecule has 1 aliphatic carbocycles. The number of amides is 1. The fourth-order valence-electron chi connectivity index (χ4n) is 4.17. The standard InChI is InChI=1S/C25H23BrN4O3S2/c1-15-12-21(31)29-24(27-15)35-23-19(26)13-18(33-23)14-20-22(32)30(17-10-6-3-7-11-17)25(34-20)28-16-8-4-2-5-9-16/h2,4-5,8-9,12-14,17H,3,6-7,10-11H2,1H3,(H,27,29,31)/b20-14+,28-25?. The molecule has 1 aliphatic heterocycles. The number of furan rings is 1. The molecule has 0 bridgehead atoms. The second-order valence-electron chi connectivity index (χ2n) is 8.39. The molecule has 180 valence electrons. The molecule has 2 aliphatic rings. The number of rotatable bonds is 5. The molecule has 1 saturated heterocycles. The molecule has 3 heterocycles. The number of benzene rings is 1. The van der Waals surface area contributed by atoms with Crippen LogP contribution in [0, 0.1) is 6.92 Å². The monoisotopic (exact) mass is 570 g/mol. The van der Waals surface area contributed by atoms with Gasteiger partial charge in [0, 0.05) is 23.9 Å². The van der Waals surface area contributed by atoms with Gasteiger partial charge in [0.2, 0.25) is 0 Å². The van der Waals surface area contributed by atoms with Crippen molar-refractivity contribution < 1.29 is 9.21 Å². The number of carbonyl (C=O) groups is 1. The first-order valence-corrected chi connectivity index (χ1v) is 13.8. The second-order valence-corrected chi connectivity index (χ2v) is 11.2. The zero-order valence-electron chi connectivity index (χ0n) is 19.0. The normalized spacial score (nSPS) is 19.3. The van der Waals surface area contributed by atoms with Gasteiger partial charge in [-0.1, -0.05) is 37.5 Å². The average molecular weight is 572 g/mol. The number of para-hydroxylation sites is 1. The van der Waals surface area contributed by atoms with Gasteiger partial charge in [-0.25, -0.2) is 9.98 Å². The van der Waals surface area contributed by atoms with Crippen molar-refractivity contribution in [1.29, 1.82) is 0 Å². The zero-order valence-corrected chi connectivity index (χ0v) is 22.2. The highest BCUT2D eigenvalue weighted by Gasteiger charge is 2.39. The van der Waals surface area contributed by atoms with Crippen LogP contribution in [0.2, 0.25) is 0 Å². The van der Waals surface area contributed by atoms with Crippen LogP contribution in [0.1, 0.15) is 43.6 Å². The van der Waals surface area contributed by atoms with Crippen molar-refractivity contribution in [1.82, 2.24) is 14.9 Å². The Bertz CT molecular complexity index is 1360. The highest BCUT2D eigenvalue weighted by atomic mass is 79.9. The third kappa shape index (κ3) is 5.65. The van der Waals surface area contributed by atoms with Gasteiger partial charge in [0.25, 0.3) is 11.5 Å². The van der Waals surface area contributed by atoms with E-state index in [0.717, 1.165) is 35.8 Å². The van der Waals surface area contributed by atoms with Gasteiger partial charge < -0.3 is 9.40 Å². The lowest BCUT2D eigenvalue weighted by Crippen LogP contribution is -2.40. The molecule has 1 N–H and O–H groups in total. The fraction of sp³-hybridized carbons (Fsp3) is 0.280. The molecule has 7 nitrogen and oxygen atoms in total. The summed E-state index contributed by atoms with van der Waals surface area (Å²) in [5.74, 6) is 0.498. The van der Waals surface area contributed by atoms with Crippen LogP contribution in [0.5, 0.6) is 0 Å². The van der Waals surface area contributed by atoms with Crippen molar-refractivity contribution in [3.8, 4) is 0 Å². The van der Waals surface area contributed by atoms with E-state index in [1.165, 1.54) is 36.0 Å². The summed E-state index contributed by atoms with van der Waals surface area (Å²) in [5, 5.41) is 1.70. The molecule has 5 rings (SSSR count). The number of hydrogen-bond donors (Lipinski definition) is 1. The van der Waals surface area contributed by atoms with Crippen LogP contribution in [0.15, 0.2) is 76.3 Å². The number of carbonyl (C=O) groups excluding carboxylic acids is 1. The fourth-order valence-corrected chi connectivity index (χ4v) is 6.56. The Morgan fingerprint density at radius 2 is 1.97 bits per heavy atom. The highest BCUT2D eigenvalue weighted by Crippen LogP contribution is 2.40. The van der Waals surface area contributed by atoms with Crippen molar-refractivity contribution in [2.24, 2.45) is 4.99 Å². The molecule has 10 heteroatoms. The van der Waals surface area contributed by atoms with Crippen molar-refractivity contribution in [3.63, 3.8) is 0 Å². The lowest BCUT2D eigenvalue weighted by Gasteiger charge is -2.30. The van der Waals surface area contributed by atoms with Crippen LogP contribution < -0.4 is 5.56 Å². The lowest BCUT2D eigenvalue weighted by molar-refractivity contribution is -0.124. The Morgan fingerprint density at radius 3 is 2.71 bits per heavy atom. The summed E-state index contributed by atoms with van der Waals surface area (Å²) < 4.78 is 6.72. The van der Waals surface area contributed by atoms with E-state index >= 15 is 0 Å². The number of thioether (sulfide) groups is 1. The Hall–Kier alpha value is -2.56. The number of H-pyrrole nitrogens is 1. The molecule has 3 aromatic rings. The number of halogens is 1. The molecule has 2 fully saturated rings. The summed E-state index contributed by atoms with van der Waals surface area (Å²) in [7, 11) is 0. The molecular weight excluding hydrogens is 548 g/mol. The number of hydrogen-bond acceptors (Lipinski definition) is 7. The first-order valence-electron chi connectivity index (χ1n) is 11.4. The van der Waals surface area contributed by atoms with Crippen LogP contribution in [0.4, 0.5) is 5.69 Å². The number of amidine groups is 1. The van der Waals surface area contributed by atoms with Crippen molar-refractivity contribution in [2.45, 2.75) is 55.3 Å². The van der Waals surface area contributed by atoms with E-state index in [2.05, 4.69) is 25.9 Å². The quantitative estimate of drug-likeness (QED) is 0.277. The van der Waals surface area contributed by atoms with Gasteiger partial charge in [-0.2, -0.15) is 0 Å². The minimum Gasteiger partial charge on any atom is -0.449 e. The molecule has 1 amide bonds. The van der Waals surface area contributed by atoms with E-state index in [-0.39, 0.29) is 17.5 Å².